The number of hydrogen-bond acceptors (Lipinski definition) is 5. The van der Waals surface area contributed by atoms with E-state index in [0.29, 0.717) is 29.4 Å². The molecule has 0 aliphatic heterocycles. The predicted octanol–water partition coefficient (Wildman–Crippen LogP) is 5.45. The van der Waals surface area contributed by atoms with Gasteiger partial charge in [-0.1, -0.05) is 73.5 Å². The summed E-state index contributed by atoms with van der Waals surface area (Å²) in [5.41, 5.74) is 2.18. The zero-order valence-corrected chi connectivity index (χ0v) is 26.0. The highest BCUT2D eigenvalue weighted by molar-refractivity contribution is 7.92. The Morgan fingerprint density at radius 1 is 0.952 bits per heavy atom. The van der Waals surface area contributed by atoms with Gasteiger partial charge in [0.15, 0.2) is 0 Å². The smallest absolute Gasteiger partial charge is 0.243 e. The largest absolute Gasteiger partial charge is 0.497 e. The van der Waals surface area contributed by atoms with Crippen molar-refractivity contribution in [2.45, 2.75) is 51.6 Å². The molecule has 1 atom stereocenters. The fraction of sp³-hybridized carbons (Fsp3) is 0.375. The molecular formula is C32H40ClN3O5S. The van der Waals surface area contributed by atoms with Crippen LogP contribution in [0, 0.1) is 0 Å². The van der Waals surface area contributed by atoms with E-state index >= 15 is 0 Å². The Morgan fingerprint density at radius 2 is 1.67 bits per heavy atom. The van der Waals surface area contributed by atoms with Crippen molar-refractivity contribution in [3.63, 3.8) is 0 Å². The van der Waals surface area contributed by atoms with Crippen LogP contribution in [0.4, 0.5) is 5.69 Å². The fourth-order valence-electron chi connectivity index (χ4n) is 4.66. The fourth-order valence-corrected chi connectivity index (χ4v) is 5.83. The molecule has 0 saturated heterocycles. The molecule has 42 heavy (non-hydrogen) atoms. The second-order valence-electron chi connectivity index (χ2n) is 10.1. The van der Waals surface area contributed by atoms with Gasteiger partial charge in [0, 0.05) is 43.6 Å². The summed E-state index contributed by atoms with van der Waals surface area (Å²) in [4.78, 5) is 29.0. The van der Waals surface area contributed by atoms with Crippen LogP contribution in [-0.4, -0.2) is 57.6 Å². The van der Waals surface area contributed by atoms with Crippen molar-refractivity contribution < 1.29 is 22.7 Å². The summed E-state index contributed by atoms with van der Waals surface area (Å²) in [7, 11) is -2.11. The molecule has 0 spiro atoms. The van der Waals surface area contributed by atoms with Crippen LogP contribution >= 0.6 is 11.6 Å². The van der Waals surface area contributed by atoms with E-state index in [9.17, 15) is 18.0 Å². The number of carbonyl (C=O) groups is 2. The number of benzene rings is 3. The molecule has 3 rings (SSSR count). The SMILES string of the molecule is CCCCNC(=O)[C@@H](Cc1ccccc1)N(Cc1cccc(Cl)c1)C(=O)CCCN(c1cccc(OC)c1)S(C)(=O)=O. The van der Waals surface area contributed by atoms with Gasteiger partial charge in [-0.15, -0.1) is 0 Å². The summed E-state index contributed by atoms with van der Waals surface area (Å²) in [5, 5.41) is 3.54. The first kappa shape index (κ1) is 32.9. The molecule has 0 aliphatic carbocycles. The lowest BCUT2D eigenvalue weighted by Crippen LogP contribution is -2.50. The number of anilines is 1. The first-order chi connectivity index (χ1) is 20.1. The molecule has 0 aromatic heterocycles. The minimum atomic E-state index is -3.62. The number of ether oxygens (including phenoxy) is 1. The Hall–Kier alpha value is -3.56. The summed E-state index contributed by atoms with van der Waals surface area (Å²) in [6.07, 6.45) is 3.53. The first-order valence-corrected chi connectivity index (χ1v) is 16.3. The summed E-state index contributed by atoms with van der Waals surface area (Å²) < 4.78 is 31.9. The summed E-state index contributed by atoms with van der Waals surface area (Å²) in [6, 6.07) is 22.8. The predicted molar refractivity (Wildman–Crippen MR) is 168 cm³/mol. The zero-order chi connectivity index (χ0) is 30.5. The van der Waals surface area contributed by atoms with Gasteiger partial charge in [0.1, 0.15) is 11.8 Å². The summed E-state index contributed by atoms with van der Waals surface area (Å²) in [5.74, 6) is 0.0558. The molecule has 226 valence electrons. The first-order valence-electron chi connectivity index (χ1n) is 14.1. The van der Waals surface area contributed by atoms with Crippen molar-refractivity contribution in [2.24, 2.45) is 0 Å². The van der Waals surface area contributed by atoms with Crippen LogP contribution in [0.15, 0.2) is 78.9 Å². The van der Waals surface area contributed by atoms with Crippen LogP contribution in [0.1, 0.15) is 43.7 Å². The molecular weight excluding hydrogens is 574 g/mol. The molecule has 0 saturated carbocycles. The second kappa shape index (κ2) is 16.2. The Kier molecular flexibility index (Phi) is 12.7. The number of halogens is 1. The molecule has 3 aromatic carbocycles. The van der Waals surface area contributed by atoms with Crippen molar-refractivity contribution >= 4 is 39.1 Å². The van der Waals surface area contributed by atoms with E-state index in [0.717, 1.165) is 30.2 Å². The van der Waals surface area contributed by atoms with Gasteiger partial charge in [0.2, 0.25) is 21.8 Å². The molecule has 0 aliphatic rings. The average Bonchev–Trinajstić information content (AvgIpc) is 2.97. The van der Waals surface area contributed by atoms with E-state index < -0.39 is 16.1 Å². The molecule has 0 heterocycles. The monoisotopic (exact) mass is 613 g/mol. The van der Waals surface area contributed by atoms with Crippen LogP contribution in [0.25, 0.3) is 0 Å². The highest BCUT2D eigenvalue weighted by Crippen LogP contribution is 2.24. The number of nitrogens with one attached hydrogen (secondary N) is 1. The number of hydrogen-bond donors (Lipinski definition) is 1. The van der Waals surface area contributed by atoms with Crippen molar-refractivity contribution in [1.29, 1.82) is 0 Å². The minimum absolute atomic E-state index is 0.0457. The zero-order valence-electron chi connectivity index (χ0n) is 24.5. The number of unbranched alkanes of at least 4 members (excludes halogenated alkanes) is 1. The van der Waals surface area contributed by atoms with Crippen LogP contribution in [0.2, 0.25) is 5.02 Å². The molecule has 3 aromatic rings. The maximum Gasteiger partial charge on any atom is 0.243 e. The van der Waals surface area contributed by atoms with Gasteiger partial charge in [0.05, 0.1) is 19.1 Å². The van der Waals surface area contributed by atoms with Crippen molar-refractivity contribution in [1.82, 2.24) is 10.2 Å². The summed E-state index contributed by atoms with van der Waals surface area (Å²) >= 11 is 6.25. The van der Waals surface area contributed by atoms with Gasteiger partial charge in [-0.25, -0.2) is 8.42 Å². The maximum atomic E-state index is 13.9. The Bertz CT molecular complexity index is 1420. The number of rotatable bonds is 16. The second-order valence-corrected chi connectivity index (χ2v) is 12.5. The minimum Gasteiger partial charge on any atom is -0.497 e. The lowest BCUT2D eigenvalue weighted by Gasteiger charge is -2.32. The molecule has 10 heteroatoms. The maximum absolute atomic E-state index is 13.9. The number of carbonyl (C=O) groups excluding carboxylic acids is 2. The van der Waals surface area contributed by atoms with Crippen molar-refractivity contribution in [2.75, 3.05) is 30.8 Å². The molecule has 0 radical (unpaired) electrons. The topological polar surface area (TPSA) is 96.0 Å². The van der Waals surface area contributed by atoms with Gasteiger partial charge in [0.25, 0.3) is 0 Å². The van der Waals surface area contributed by atoms with Gasteiger partial charge >= 0.3 is 0 Å². The lowest BCUT2D eigenvalue weighted by molar-refractivity contribution is -0.141. The van der Waals surface area contributed by atoms with E-state index in [2.05, 4.69) is 5.32 Å². The highest BCUT2D eigenvalue weighted by Gasteiger charge is 2.30. The number of sulfonamides is 1. The lowest BCUT2D eigenvalue weighted by atomic mass is 10.0. The molecule has 0 unspecified atom stereocenters. The Labute approximate surface area is 254 Å². The normalized spacial score (nSPS) is 11.9. The van der Waals surface area contributed by atoms with Crippen molar-refractivity contribution in [3.8, 4) is 5.75 Å². The number of nitrogens with zero attached hydrogens (tertiary/aromatic N) is 2. The van der Waals surface area contributed by atoms with Gasteiger partial charge in [-0.3, -0.25) is 13.9 Å². The third-order valence-electron chi connectivity index (χ3n) is 6.84. The standard InChI is InChI=1S/C32H40ClN3O5S/c1-4-5-19-34-32(38)30(22-25-12-7-6-8-13-25)35(24-26-14-9-15-27(33)21-26)31(37)18-11-20-36(42(3,39)40)28-16-10-17-29(23-28)41-2/h6-10,12-17,21,23,30H,4-5,11,18-20,22,24H2,1-3H3,(H,34,38)/t30-/m1/s1. The van der Waals surface area contributed by atoms with E-state index in [1.54, 1.807) is 41.3 Å². The van der Waals surface area contributed by atoms with E-state index in [1.807, 2.05) is 49.4 Å². The van der Waals surface area contributed by atoms with E-state index in [1.165, 1.54) is 11.4 Å². The Morgan fingerprint density at radius 3 is 2.33 bits per heavy atom. The van der Waals surface area contributed by atoms with E-state index in [-0.39, 0.29) is 37.7 Å². The van der Waals surface area contributed by atoms with Crippen LogP contribution in [-0.2, 0) is 32.6 Å². The van der Waals surface area contributed by atoms with Crippen LogP contribution in [0.3, 0.4) is 0 Å². The molecule has 0 fully saturated rings. The molecule has 1 N–H and O–H groups in total. The molecule has 8 nitrogen and oxygen atoms in total. The Balaban J connectivity index is 1.87. The van der Waals surface area contributed by atoms with Gasteiger partial charge < -0.3 is 15.0 Å². The van der Waals surface area contributed by atoms with Gasteiger partial charge in [-0.05, 0) is 48.2 Å². The highest BCUT2D eigenvalue weighted by atomic mass is 35.5. The average molecular weight is 614 g/mol. The van der Waals surface area contributed by atoms with E-state index in [4.69, 9.17) is 16.3 Å². The quantitative estimate of drug-likeness (QED) is 0.217. The number of methoxy groups -OCH3 is 1. The third-order valence-corrected chi connectivity index (χ3v) is 8.27. The molecule has 0 bridgehead atoms. The molecule has 2 amide bonds. The summed E-state index contributed by atoms with van der Waals surface area (Å²) in [6.45, 7) is 2.84. The van der Waals surface area contributed by atoms with Crippen molar-refractivity contribution in [3.05, 3.63) is 95.0 Å². The van der Waals surface area contributed by atoms with Crippen LogP contribution in [0.5, 0.6) is 5.75 Å². The number of amides is 2. The van der Waals surface area contributed by atoms with Gasteiger partial charge in [-0.2, -0.15) is 0 Å². The van der Waals surface area contributed by atoms with Crippen LogP contribution < -0.4 is 14.4 Å². The third kappa shape index (κ3) is 10.1.